The van der Waals surface area contributed by atoms with Crippen molar-refractivity contribution in [2.24, 2.45) is 0 Å². The summed E-state index contributed by atoms with van der Waals surface area (Å²) in [6.07, 6.45) is 81.4. The lowest BCUT2D eigenvalue weighted by molar-refractivity contribution is -0.161. The molecule has 0 radical (unpaired) electrons. The Morgan fingerprint density at radius 1 is 0.260 bits per heavy atom. The highest BCUT2D eigenvalue weighted by molar-refractivity contribution is 5.70. The van der Waals surface area contributed by atoms with E-state index in [1.807, 2.05) is 0 Å². The Hall–Kier alpha value is -1.10. The van der Waals surface area contributed by atoms with E-state index in [4.69, 9.17) is 9.47 Å². The number of rotatable bonds is 65. The predicted octanol–water partition coefficient (Wildman–Crippen LogP) is 23.3. The second-order valence-electron chi connectivity index (χ2n) is 23.6. The van der Waals surface area contributed by atoms with Crippen molar-refractivity contribution in [1.29, 1.82) is 0 Å². The van der Waals surface area contributed by atoms with Crippen LogP contribution in [0, 0.1) is 0 Å². The summed E-state index contributed by atoms with van der Waals surface area (Å²) in [5.74, 6) is -0.559. The summed E-state index contributed by atoms with van der Waals surface area (Å²) in [5.41, 5.74) is 0. The van der Waals surface area contributed by atoms with Crippen LogP contribution in [-0.4, -0.2) is 36.4 Å². The van der Waals surface area contributed by atoms with Crippen LogP contribution in [0.1, 0.15) is 406 Å². The van der Waals surface area contributed by atoms with Crippen LogP contribution in [0.2, 0.25) is 0 Å². The smallest absolute Gasteiger partial charge is 0.306 e. The average Bonchev–Trinajstić information content (AvgIpc) is 3.39. The van der Waals surface area contributed by atoms with Gasteiger partial charge in [0.1, 0.15) is 6.61 Å². The molecule has 5 heteroatoms. The molecule has 0 amide bonds. The first kappa shape index (κ1) is 71.9. The molecule has 0 aliphatic carbocycles. The molecule has 0 spiro atoms. The molecule has 0 fully saturated rings. The fraction of sp³-hybridized carbons (Fsp3) is 0.971. The third-order valence-corrected chi connectivity index (χ3v) is 16.2. The minimum absolute atomic E-state index is 0.0553. The molecule has 0 aromatic heterocycles. The first-order valence-electron chi connectivity index (χ1n) is 34.1. The van der Waals surface area contributed by atoms with Crippen molar-refractivity contribution in [3.63, 3.8) is 0 Å². The topological polar surface area (TPSA) is 72.8 Å². The van der Waals surface area contributed by atoms with Crippen molar-refractivity contribution >= 4 is 11.9 Å². The van der Waals surface area contributed by atoms with E-state index in [0.717, 1.165) is 32.1 Å². The molecule has 1 N–H and O–H groups in total. The Morgan fingerprint density at radius 2 is 0.425 bits per heavy atom. The lowest BCUT2D eigenvalue weighted by Crippen LogP contribution is -2.28. The quantitative estimate of drug-likeness (QED) is 0.0485. The number of aliphatic hydroxyl groups is 1. The minimum Gasteiger partial charge on any atom is -0.462 e. The number of hydrogen-bond acceptors (Lipinski definition) is 5. The third-order valence-electron chi connectivity index (χ3n) is 16.2. The molecule has 5 nitrogen and oxygen atoms in total. The molecule has 436 valence electrons. The van der Waals surface area contributed by atoms with E-state index in [-0.39, 0.29) is 25.2 Å². The lowest BCUT2D eigenvalue weighted by atomic mass is 10.0. The zero-order valence-electron chi connectivity index (χ0n) is 50.2. The number of esters is 2. The highest BCUT2D eigenvalue weighted by Crippen LogP contribution is 2.20. The maximum absolute atomic E-state index is 12.4. The zero-order chi connectivity index (χ0) is 52.7. The first-order valence-corrected chi connectivity index (χ1v) is 34.1. The van der Waals surface area contributed by atoms with Crippen molar-refractivity contribution in [3.8, 4) is 0 Å². The van der Waals surface area contributed by atoms with Gasteiger partial charge in [-0.3, -0.25) is 9.59 Å². The van der Waals surface area contributed by atoms with E-state index in [0.29, 0.717) is 12.8 Å². The van der Waals surface area contributed by atoms with Gasteiger partial charge in [0.25, 0.3) is 0 Å². The maximum Gasteiger partial charge on any atom is 0.306 e. The van der Waals surface area contributed by atoms with E-state index < -0.39 is 6.10 Å². The fourth-order valence-corrected chi connectivity index (χ4v) is 11.0. The number of carbonyl (C=O) groups excluding carboxylic acids is 2. The summed E-state index contributed by atoms with van der Waals surface area (Å²) in [5, 5.41) is 9.69. The molecule has 0 heterocycles. The van der Waals surface area contributed by atoms with Gasteiger partial charge < -0.3 is 14.6 Å². The Morgan fingerprint density at radius 3 is 0.603 bits per heavy atom. The summed E-state index contributed by atoms with van der Waals surface area (Å²) in [6.45, 7) is 4.23. The summed E-state index contributed by atoms with van der Waals surface area (Å²) in [6, 6.07) is 0. The molecule has 0 aliphatic heterocycles. The van der Waals surface area contributed by atoms with E-state index in [1.165, 1.54) is 347 Å². The summed E-state index contributed by atoms with van der Waals surface area (Å²) >= 11 is 0. The van der Waals surface area contributed by atoms with Crippen molar-refractivity contribution in [2.45, 2.75) is 412 Å². The third kappa shape index (κ3) is 63.3. The molecule has 0 saturated carbocycles. The zero-order valence-corrected chi connectivity index (χ0v) is 50.2. The maximum atomic E-state index is 12.4. The predicted molar refractivity (Wildman–Crippen MR) is 321 cm³/mol. The molecule has 0 aliphatic rings. The lowest BCUT2D eigenvalue weighted by Gasteiger charge is -2.15. The molecule has 1 unspecified atom stereocenters. The average molecular weight is 1030 g/mol. The van der Waals surface area contributed by atoms with E-state index in [2.05, 4.69) is 13.8 Å². The van der Waals surface area contributed by atoms with Crippen LogP contribution in [0.3, 0.4) is 0 Å². The molecular formula is C68H134O5. The largest absolute Gasteiger partial charge is 0.462 e. The van der Waals surface area contributed by atoms with Gasteiger partial charge in [-0.05, 0) is 12.8 Å². The second-order valence-corrected chi connectivity index (χ2v) is 23.6. The normalized spacial score (nSPS) is 12.0. The van der Waals surface area contributed by atoms with Crippen LogP contribution in [0.4, 0.5) is 0 Å². The van der Waals surface area contributed by atoms with Gasteiger partial charge in [0.15, 0.2) is 6.10 Å². The molecule has 0 aromatic rings. The van der Waals surface area contributed by atoms with Crippen molar-refractivity contribution < 1.29 is 24.2 Å². The summed E-state index contributed by atoms with van der Waals surface area (Å²) < 4.78 is 10.8. The number of aliphatic hydroxyl groups excluding tert-OH is 1. The van der Waals surface area contributed by atoms with Crippen LogP contribution >= 0.6 is 0 Å². The SMILES string of the molecule is CCCCCCCCCCCCCCCCCCCCCCCCCCCCCCCCC(=O)OC(CO)COC(=O)CCCCCCCCCCCCCCCCCCCCCCCCCCCCCCC. The molecule has 0 rings (SSSR count). The van der Waals surface area contributed by atoms with Crippen molar-refractivity contribution in [1.82, 2.24) is 0 Å². The number of ether oxygens (including phenoxy) is 2. The molecular weight excluding hydrogens is 897 g/mol. The van der Waals surface area contributed by atoms with Gasteiger partial charge in [-0.1, -0.05) is 380 Å². The molecule has 0 aromatic carbocycles. The van der Waals surface area contributed by atoms with Crippen LogP contribution in [-0.2, 0) is 19.1 Å². The van der Waals surface area contributed by atoms with Crippen molar-refractivity contribution in [2.75, 3.05) is 13.2 Å². The Labute approximate surface area is 459 Å². The standard InChI is InChI=1S/C68H134O5/c1-3-5-7-9-11-13-15-17-19-21-23-25-27-29-31-33-35-37-39-41-43-45-47-49-51-53-55-57-59-61-63-68(71)73-66(64-69)65-72-67(70)62-60-58-56-54-52-50-48-46-44-42-40-38-36-34-32-30-28-26-24-22-20-18-16-14-12-10-8-6-4-2/h66,69H,3-65H2,1-2H3. The highest BCUT2D eigenvalue weighted by atomic mass is 16.6. The van der Waals surface area contributed by atoms with Gasteiger partial charge in [-0.2, -0.15) is 0 Å². The van der Waals surface area contributed by atoms with Crippen LogP contribution in [0.15, 0.2) is 0 Å². The number of unbranched alkanes of at least 4 members (excludes halogenated alkanes) is 57. The number of hydrogen-bond donors (Lipinski definition) is 1. The summed E-state index contributed by atoms with van der Waals surface area (Å²) in [4.78, 5) is 24.6. The van der Waals surface area contributed by atoms with Crippen molar-refractivity contribution in [3.05, 3.63) is 0 Å². The monoisotopic (exact) mass is 1030 g/mol. The number of carbonyl (C=O) groups is 2. The van der Waals surface area contributed by atoms with Crippen LogP contribution in [0.25, 0.3) is 0 Å². The van der Waals surface area contributed by atoms with Gasteiger partial charge in [0, 0.05) is 12.8 Å². The van der Waals surface area contributed by atoms with E-state index in [9.17, 15) is 14.7 Å². The summed E-state index contributed by atoms with van der Waals surface area (Å²) in [7, 11) is 0. The van der Waals surface area contributed by atoms with Gasteiger partial charge in [-0.15, -0.1) is 0 Å². The van der Waals surface area contributed by atoms with E-state index >= 15 is 0 Å². The van der Waals surface area contributed by atoms with Crippen LogP contribution < -0.4 is 0 Å². The van der Waals surface area contributed by atoms with Gasteiger partial charge in [0.2, 0.25) is 0 Å². The van der Waals surface area contributed by atoms with Gasteiger partial charge >= 0.3 is 11.9 Å². The Bertz CT molecular complexity index is 1030. The molecule has 0 bridgehead atoms. The highest BCUT2D eigenvalue weighted by Gasteiger charge is 2.16. The molecule has 1 atom stereocenters. The minimum atomic E-state index is -0.765. The van der Waals surface area contributed by atoms with Gasteiger partial charge in [0.05, 0.1) is 6.61 Å². The fourth-order valence-electron chi connectivity index (χ4n) is 11.0. The van der Waals surface area contributed by atoms with Crippen LogP contribution in [0.5, 0.6) is 0 Å². The molecule has 73 heavy (non-hydrogen) atoms. The Balaban J connectivity index is 3.36. The second kappa shape index (κ2) is 65.2. The Kier molecular flexibility index (Phi) is 64.2. The first-order chi connectivity index (χ1) is 36.1. The molecule has 0 saturated heterocycles. The van der Waals surface area contributed by atoms with E-state index in [1.54, 1.807) is 0 Å². The van der Waals surface area contributed by atoms with Gasteiger partial charge in [-0.25, -0.2) is 0 Å².